The molecule has 0 aromatic carbocycles. The zero-order chi connectivity index (χ0) is 12.9. The summed E-state index contributed by atoms with van der Waals surface area (Å²) in [6, 6.07) is 0. The van der Waals surface area contributed by atoms with Crippen molar-refractivity contribution in [2.75, 3.05) is 0 Å². The van der Waals surface area contributed by atoms with Gasteiger partial charge >= 0.3 is 0 Å². The van der Waals surface area contributed by atoms with Gasteiger partial charge in [-0.3, -0.25) is 4.79 Å². The summed E-state index contributed by atoms with van der Waals surface area (Å²) in [6.07, 6.45) is 2.41. The number of hydrogen-bond donors (Lipinski definition) is 2. The second-order valence-electron chi connectivity index (χ2n) is 5.16. The van der Waals surface area contributed by atoms with E-state index in [1.807, 2.05) is 0 Å². The molecule has 18 heavy (non-hydrogen) atoms. The van der Waals surface area contributed by atoms with Crippen molar-refractivity contribution >= 4 is 21.6 Å². The third kappa shape index (κ3) is 1.78. The van der Waals surface area contributed by atoms with E-state index in [-0.39, 0.29) is 5.56 Å². The second-order valence-corrected chi connectivity index (χ2v) is 6.24. The van der Waals surface area contributed by atoms with Gasteiger partial charge in [0, 0.05) is 4.88 Å². The molecule has 2 atom stereocenters. The summed E-state index contributed by atoms with van der Waals surface area (Å²) in [5, 5.41) is 10.3. The highest BCUT2D eigenvalue weighted by Crippen LogP contribution is 2.35. The van der Waals surface area contributed by atoms with E-state index in [9.17, 15) is 9.90 Å². The number of aliphatic hydroxyl groups is 1. The van der Waals surface area contributed by atoms with Crippen LogP contribution < -0.4 is 5.56 Å². The maximum atomic E-state index is 12.1. The summed E-state index contributed by atoms with van der Waals surface area (Å²) in [4.78, 5) is 21.3. The predicted molar refractivity (Wildman–Crippen MR) is 72.1 cm³/mol. The van der Waals surface area contributed by atoms with E-state index in [4.69, 9.17) is 0 Å². The number of rotatable bonds is 1. The number of aromatic nitrogens is 2. The second kappa shape index (κ2) is 4.17. The standard InChI is InChI=1S/C13H16N2O2S/c1-6-3-4-8-9(5-6)18-13-10(8)12(17)14-11(15-13)7(2)16/h6-7,16H,3-5H2,1-2H3,(H,14,15,17)/t6-,7-/m0/s1. The third-order valence-electron chi connectivity index (χ3n) is 3.58. The molecule has 0 radical (unpaired) electrons. The monoisotopic (exact) mass is 264 g/mol. The molecule has 3 rings (SSSR count). The topological polar surface area (TPSA) is 66.0 Å². The molecular formula is C13H16N2O2S. The van der Waals surface area contributed by atoms with Gasteiger partial charge in [0.1, 0.15) is 16.8 Å². The van der Waals surface area contributed by atoms with Crippen molar-refractivity contribution in [3.8, 4) is 0 Å². The van der Waals surface area contributed by atoms with Crippen LogP contribution in [0.3, 0.4) is 0 Å². The number of aromatic amines is 1. The van der Waals surface area contributed by atoms with Crippen molar-refractivity contribution in [2.24, 2.45) is 5.92 Å². The fraction of sp³-hybridized carbons (Fsp3) is 0.538. The molecule has 2 aromatic rings. The average molecular weight is 264 g/mol. The van der Waals surface area contributed by atoms with Crippen LogP contribution in [0.4, 0.5) is 0 Å². The molecule has 2 heterocycles. The average Bonchev–Trinajstić information content (AvgIpc) is 2.66. The van der Waals surface area contributed by atoms with Crippen molar-refractivity contribution in [1.82, 2.24) is 9.97 Å². The highest BCUT2D eigenvalue weighted by molar-refractivity contribution is 7.18. The molecule has 1 aliphatic rings. The summed E-state index contributed by atoms with van der Waals surface area (Å²) in [6.45, 7) is 3.85. The SMILES string of the molecule is C[C@H]1CCc2c(sc3nc([C@H](C)O)[nH]c(=O)c23)C1. The van der Waals surface area contributed by atoms with Crippen molar-refractivity contribution in [3.05, 3.63) is 26.6 Å². The van der Waals surface area contributed by atoms with Gasteiger partial charge in [-0.2, -0.15) is 0 Å². The van der Waals surface area contributed by atoms with Gasteiger partial charge in [-0.05, 0) is 37.7 Å². The van der Waals surface area contributed by atoms with E-state index in [1.165, 1.54) is 10.4 Å². The molecule has 0 amide bonds. The lowest BCUT2D eigenvalue weighted by Gasteiger charge is -2.17. The predicted octanol–water partition coefficient (Wildman–Crippen LogP) is 2.16. The smallest absolute Gasteiger partial charge is 0.260 e. The Morgan fingerprint density at radius 3 is 3.06 bits per heavy atom. The molecule has 2 aromatic heterocycles. The number of thiophene rings is 1. The summed E-state index contributed by atoms with van der Waals surface area (Å²) in [7, 11) is 0. The Morgan fingerprint density at radius 1 is 1.56 bits per heavy atom. The maximum absolute atomic E-state index is 12.1. The summed E-state index contributed by atoms with van der Waals surface area (Å²) < 4.78 is 0. The van der Waals surface area contributed by atoms with E-state index in [0.29, 0.717) is 11.7 Å². The van der Waals surface area contributed by atoms with E-state index in [0.717, 1.165) is 29.5 Å². The number of nitrogens with zero attached hydrogens (tertiary/aromatic N) is 1. The minimum atomic E-state index is -0.736. The lowest BCUT2D eigenvalue weighted by molar-refractivity contribution is 0.189. The van der Waals surface area contributed by atoms with Crippen LogP contribution in [0, 0.1) is 5.92 Å². The van der Waals surface area contributed by atoms with E-state index in [2.05, 4.69) is 16.9 Å². The minimum Gasteiger partial charge on any atom is -0.385 e. The maximum Gasteiger partial charge on any atom is 0.260 e. The van der Waals surface area contributed by atoms with Gasteiger partial charge in [0.25, 0.3) is 5.56 Å². The minimum absolute atomic E-state index is 0.108. The summed E-state index contributed by atoms with van der Waals surface area (Å²) in [5.41, 5.74) is 1.07. The van der Waals surface area contributed by atoms with Crippen LogP contribution in [-0.2, 0) is 12.8 Å². The van der Waals surface area contributed by atoms with Gasteiger partial charge < -0.3 is 10.1 Å². The first-order valence-corrected chi connectivity index (χ1v) is 7.10. The lowest BCUT2D eigenvalue weighted by Crippen LogP contribution is -2.15. The number of fused-ring (bicyclic) bond motifs is 3. The zero-order valence-corrected chi connectivity index (χ0v) is 11.3. The molecule has 2 N–H and O–H groups in total. The lowest BCUT2D eigenvalue weighted by atomic mass is 9.89. The highest BCUT2D eigenvalue weighted by atomic mass is 32.1. The zero-order valence-electron chi connectivity index (χ0n) is 10.5. The quantitative estimate of drug-likeness (QED) is 0.829. The van der Waals surface area contributed by atoms with Crippen molar-refractivity contribution < 1.29 is 5.11 Å². The normalized spacial score (nSPS) is 20.9. The molecule has 0 saturated carbocycles. The van der Waals surface area contributed by atoms with Crippen LogP contribution >= 0.6 is 11.3 Å². The van der Waals surface area contributed by atoms with E-state index >= 15 is 0 Å². The number of nitrogens with one attached hydrogen (secondary N) is 1. The van der Waals surface area contributed by atoms with Gasteiger partial charge in [0.05, 0.1) is 5.39 Å². The Bertz CT molecular complexity index is 657. The molecular weight excluding hydrogens is 248 g/mol. The number of hydrogen-bond acceptors (Lipinski definition) is 4. The molecule has 96 valence electrons. The van der Waals surface area contributed by atoms with Gasteiger partial charge in [-0.15, -0.1) is 11.3 Å². The Balaban J connectivity index is 2.25. The van der Waals surface area contributed by atoms with Crippen molar-refractivity contribution in [2.45, 2.75) is 39.2 Å². The number of aryl methyl sites for hydroxylation is 1. The molecule has 0 aliphatic heterocycles. The van der Waals surface area contributed by atoms with Gasteiger partial charge in [0.15, 0.2) is 0 Å². The Morgan fingerprint density at radius 2 is 2.33 bits per heavy atom. The molecule has 4 nitrogen and oxygen atoms in total. The molecule has 1 aliphatic carbocycles. The van der Waals surface area contributed by atoms with Crippen LogP contribution in [-0.4, -0.2) is 15.1 Å². The Hall–Kier alpha value is -1.20. The van der Waals surface area contributed by atoms with E-state index < -0.39 is 6.10 Å². The highest BCUT2D eigenvalue weighted by Gasteiger charge is 2.23. The third-order valence-corrected chi connectivity index (χ3v) is 4.73. The molecule has 0 fully saturated rings. The Labute approximate surface area is 109 Å². The van der Waals surface area contributed by atoms with Crippen LogP contribution in [0.5, 0.6) is 0 Å². The fourth-order valence-corrected chi connectivity index (χ4v) is 3.95. The van der Waals surface area contributed by atoms with Crippen LogP contribution in [0.2, 0.25) is 0 Å². The van der Waals surface area contributed by atoms with Crippen LogP contribution in [0.15, 0.2) is 4.79 Å². The van der Waals surface area contributed by atoms with E-state index in [1.54, 1.807) is 18.3 Å². The first kappa shape index (κ1) is 11.9. The van der Waals surface area contributed by atoms with Crippen molar-refractivity contribution in [1.29, 1.82) is 0 Å². The first-order chi connectivity index (χ1) is 8.56. The van der Waals surface area contributed by atoms with Crippen LogP contribution in [0.25, 0.3) is 10.2 Å². The Kier molecular flexibility index (Phi) is 2.75. The van der Waals surface area contributed by atoms with Crippen LogP contribution in [0.1, 0.15) is 42.6 Å². The number of H-pyrrole nitrogens is 1. The summed E-state index contributed by atoms with van der Waals surface area (Å²) in [5.74, 6) is 1.04. The molecule has 0 spiro atoms. The largest absolute Gasteiger partial charge is 0.385 e. The number of aliphatic hydroxyl groups excluding tert-OH is 1. The van der Waals surface area contributed by atoms with Gasteiger partial charge in [-0.1, -0.05) is 6.92 Å². The fourth-order valence-electron chi connectivity index (χ4n) is 2.56. The molecule has 0 unspecified atom stereocenters. The van der Waals surface area contributed by atoms with Crippen molar-refractivity contribution in [3.63, 3.8) is 0 Å². The molecule has 0 bridgehead atoms. The summed E-state index contributed by atoms with van der Waals surface area (Å²) >= 11 is 1.61. The molecule has 5 heteroatoms. The van der Waals surface area contributed by atoms with Gasteiger partial charge in [-0.25, -0.2) is 4.98 Å². The molecule has 0 saturated heterocycles. The van der Waals surface area contributed by atoms with Gasteiger partial charge in [0.2, 0.25) is 0 Å². The first-order valence-electron chi connectivity index (χ1n) is 6.28.